The van der Waals surface area contributed by atoms with Crippen molar-refractivity contribution >= 4 is 12.0 Å². The van der Waals surface area contributed by atoms with Crippen LogP contribution in [0.5, 0.6) is 0 Å². The molecule has 1 aliphatic rings. The van der Waals surface area contributed by atoms with Gasteiger partial charge in [0.2, 0.25) is 0 Å². The van der Waals surface area contributed by atoms with Gasteiger partial charge in [0.05, 0.1) is 5.92 Å². The van der Waals surface area contributed by atoms with Crippen LogP contribution in [0.4, 0.5) is 4.79 Å². The number of likely N-dealkylation sites (tertiary alicyclic amines) is 1. The summed E-state index contributed by atoms with van der Waals surface area (Å²) in [6.45, 7) is 8.91. The fraction of sp³-hybridized carbons (Fsp3) is 0.833. The molecule has 0 aliphatic carbocycles. The smallest absolute Gasteiger partial charge is 0.320 e. The van der Waals surface area contributed by atoms with Crippen LogP contribution in [-0.2, 0) is 4.79 Å². The van der Waals surface area contributed by atoms with Crippen molar-refractivity contribution in [2.45, 2.75) is 33.7 Å². The van der Waals surface area contributed by atoms with Gasteiger partial charge in [-0.3, -0.25) is 4.79 Å². The van der Waals surface area contributed by atoms with Crippen LogP contribution in [0.15, 0.2) is 0 Å². The molecule has 1 fully saturated rings. The minimum absolute atomic E-state index is 0.0154. The number of carbonyl (C=O) groups is 2. The van der Waals surface area contributed by atoms with E-state index in [1.165, 1.54) is 0 Å². The van der Waals surface area contributed by atoms with Crippen molar-refractivity contribution in [3.63, 3.8) is 0 Å². The Kier molecular flexibility index (Phi) is 3.69. The molecule has 0 saturated carbocycles. The molecule has 1 aliphatic heterocycles. The summed E-state index contributed by atoms with van der Waals surface area (Å²) in [7, 11) is 1.77. The molecular weight excluding hydrogens is 220 g/mol. The van der Waals surface area contributed by atoms with E-state index in [-0.39, 0.29) is 17.5 Å². The van der Waals surface area contributed by atoms with E-state index in [0.29, 0.717) is 13.1 Å². The molecule has 0 aromatic carbocycles. The van der Waals surface area contributed by atoms with Crippen molar-refractivity contribution in [1.82, 2.24) is 9.80 Å². The molecule has 1 heterocycles. The summed E-state index contributed by atoms with van der Waals surface area (Å²) in [4.78, 5) is 26.0. The van der Waals surface area contributed by atoms with Gasteiger partial charge in [0.15, 0.2) is 0 Å². The molecule has 5 nitrogen and oxygen atoms in total. The van der Waals surface area contributed by atoms with Crippen molar-refractivity contribution in [1.29, 1.82) is 0 Å². The molecule has 0 aromatic heterocycles. The van der Waals surface area contributed by atoms with Crippen LogP contribution >= 0.6 is 0 Å². The molecule has 5 heteroatoms. The Morgan fingerprint density at radius 2 is 1.82 bits per heavy atom. The maximum absolute atomic E-state index is 12.0. The highest BCUT2D eigenvalue weighted by Gasteiger charge is 2.38. The lowest BCUT2D eigenvalue weighted by atomic mass is 9.87. The van der Waals surface area contributed by atoms with Crippen LogP contribution in [-0.4, -0.2) is 53.1 Å². The molecular formula is C12H22N2O3. The van der Waals surface area contributed by atoms with Gasteiger partial charge in [-0.15, -0.1) is 0 Å². The van der Waals surface area contributed by atoms with Gasteiger partial charge in [-0.2, -0.15) is 0 Å². The molecule has 0 aromatic rings. The number of carboxylic acids is 1. The standard InChI is InChI=1S/C12H22N2O3/c1-8(12(2,3)4)13(5)11(17)14-6-9(7-14)10(15)16/h8-9H,6-7H2,1-5H3,(H,15,16). The molecule has 98 valence electrons. The van der Waals surface area contributed by atoms with Crippen molar-refractivity contribution < 1.29 is 14.7 Å². The SMILES string of the molecule is CC(N(C)C(=O)N1CC(C(=O)O)C1)C(C)(C)C. The Labute approximate surface area is 102 Å². The zero-order valence-corrected chi connectivity index (χ0v) is 11.2. The molecule has 1 saturated heterocycles. The summed E-state index contributed by atoms with van der Waals surface area (Å²) in [6, 6.07) is 0.0313. The minimum Gasteiger partial charge on any atom is -0.481 e. The van der Waals surface area contributed by atoms with E-state index in [1.807, 2.05) is 6.92 Å². The van der Waals surface area contributed by atoms with Gasteiger partial charge in [0.25, 0.3) is 0 Å². The third-order valence-corrected chi connectivity index (χ3v) is 3.64. The third-order valence-electron chi connectivity index (χ3n) is 3.64. The normalized spacial score (nSPS) is 18.5. The lowest BCUT2D eigenvalue weighted by molar-refractivity contribution is -0.146. The van der Waals surface area contributed by atoms with E-state index in [9.17, 15) is 9.59 Å². The molecule has 0 radical (unpaired) electrons. The maximum atomic E-state index is 12.0. The first kappa shape index (κ1) is 13.8. The number of amides is 2. The van der Waals surface area contributed by atoms with Crippen LogP contribution in [0.25, 0.3) is 0 Å². The van der Waals surface area contributed by atoms with E-state index in [4.69, 9.17) is 5.11 Å². The second-order valence-electron chi connectivity index (χ2n) is 5.88. The number of rotatable bonds is 2. The summed E-state index contributed by atoms with van der Waals surface area (Å²) in [5, 5.41) is 8.76. The van der Waals surface area contributed by atoms with E-state index in [2.05, 4.69) is 20.8 Å². The van der Waals surface area contributed by atoms with Gasteiger partial charge >= 0.3 is 12.0 Å². The molecule has 1 rings (SSSR count). The van der Waals surface area contributed by atoms with Gasteiger partial charge in [0.1, 0.15) is 0 Å². The highest BCUT2D eigenvalue weighted by Crippen LogP contribution is 2.25. The van der Waals surface area contributed by atoms with Crippen molar-refractivity contribution in [3.8, 4) is 0 Å². The summed E-state index contributed by atoms with van der Waals surface area (Å²) in [6.07, 6.45) is 0. The van der Waals surface area contributed by atoms with Gasteiger partial charge in [0, 0.05) is 26.2 Å². The fourth-order valence-electron chi connectivity index (χ4n) is 1.76. The zero-order valence-electron chi connectivity index (χ0n) is 11.2. The summed E-state index contributed by atoms with van der Waals surface area (Å²) in [5.41, 5.74) is 0.0154. The second-order valence-corrected chi connectivity index (χ2v) is 5.88. The van der Waals surface area contributed by atoms with Crippen LogP contribution in [0, 0.1) is 11.3 Å². The Morgan fingerprint density at radius 3 is 2.18 bits per heavy atom. The van der Waals surface area contributed by atoms with Crippen LogP contribution < -0.4 is 0 Å². The monoisotopic (exact) mass is 242 g/mol. The summed E-state index contributed by atoms with van der Waals surface area (Å²) < 4.78 is 0. The van der Waals surface area contributed by atoms with Gasteiger partial charge in [-0.05, 0) is 12.3 Å². The Balaban J connectivity index is 2.53. The molecule has 17 heavy (non-hydrogen) atoms. The minimum atomic E-state index is -0.819. The largest absolute Gasteiger partial charge is 0.481 e. The van der Waals surface area contributed by atoms with Crippen molar-refractivity contribution in [3.05, 3.63) is 0 Å². The number of nitrogens with zero attached hydrogens (tertiary/aromatic N) is 2. The number of carbonyl (C=O) groups excluding carboxylic acids is 1. The average Bonchev–Trinajstić information content (AvgIpc) is 2.10. The first-order chi connectivity index (χ1) is 7.64. The molecule has 2 amide bonds. The number of carboxylic acid groups (broad SMARTS) is 1. The van der Waals surface area contributed by atoms with Crippen LogP contribution in [0.1, 0.15) is 27.7 Å². The Hall–Kier alpha value is -1.26. The van der Waals surface area contributed by atoms with Crippen molar-refractivity contribution in [2.75, 3.05) is 20.1 Å². The topological polar surface area (TPSA) is 60.9 Å². The van der Waals surface area contributed by atoms with Crippen molar-refractivity contribution in [2.24, 2.45) is 11.3 Å². The summed E-state index contributed by atoms with van der Waals surface area (Å²) in [5.74, 6) is -1.21. The number of hydrogen-bond donors (Lipinski definition) is 1. The molecule has 1 atom stereocenters. The Morgan fingerprint density at radius 1 is 1.35 bits per heavy atom. The zero-order chi connectivity index (χ0) is 13.4. The van der Waals surface area contributed by atoms with E-state index >= 15 is 0 Å². The first-order valence-corrected chi connectivity index (χ1v) is 5.89. The van der Waals surface area contributed by atoms with Gasteiger partial charge in [-0.1, -0.05) is 20.8 Å². The predicted molar refractivity (Wildman–Crippen MR) is 64.8 cm³/mol. The van der Waals surface area contributed by atoms with E-state index < -0.39 is 11.9 Å². The number of aliphatic carboxylic acids is 1. The molecule has 0 bridgehead atoms. The molecule has 1 N–H and O–H groups in total. The summed E-state index contributed by atoms with van der Waals surface area (Å²) >= 11 is 0. The Bertz CT molecular complexity index is 316. The van der Waals surface area contributed by atoms with Crippen LogP contribution in [0.2, 0.25) is 0 Å². The highest BCUT2D eigenvalue weighted by atomic mass is 16.4. The van der Waals surface area contributed by atoms with E-state index in [0.717, 1.165) is 0 Å². The molecule has 1 unspecified atom stereocenters. The lowest BCUT2D eigenvalue weighted by Gasteiger charge is -2.43. The lowest BCUT2D eigenvalue weighted by Crippen LogP contribution is -2.58. The third kappa shape index (κ3) is 2.90. The first-order valence-electron chi connectivity index (χ1n) is 5.89. The number of urea groups is 1. The van der Waals surface area contributed by atoms with Gasteiger partial charge < -0.3 is 14.9 Å². The van der Waals surface area contributed by atoms with Gasteiger partial charge in [-0.25, -0.2) is 4.79 Å². The fourth-order valence-corrected chi connectivity index (χ4v) is 1.76. The highest BCUT2D eigenvalue weighted by molar-refractivity contribution is 5.79. The maximum Gasteiger partial charge on any atom is 0.320 e. The quantitative estimate of drug-likeness (QED) is 0.798. The second kappa shape index (κ2) is 4.55. The van der Waals surface area contributed by atoms with Crippen LogP contribution in [0.3, 0.4) is 0 Å². The predicted octanol–water partition coefficient (Wildman–Crippen LogP) is 1.49. The van der Waals surface area contributed by atoms with E-state index in [1.54, 1.807) is 16.8 Å². The average molecular weight is 242 g/mol. The molecule has 0 spiro atoms. The number of hydrogen-bond acceptors (Lipinski definition) is 2.